The van der Waals surface area contributed by atoms with Crippen molar-refractivity contribution in [2.24, 2.45) is 0 Å². The summed E-state index contributed by atoms with van der Waals surface area (Å²) >= 11 is 0. The minimum Gasteiger partial charge on any atom is -0.508 e. The van der Waals surface area contributed by atoms with Crippen LogP contribution in [-0.2, 0) is 19.4 Å². The highest BCUT2D eigenvalue weighted by Crippen LogP contribution is 2.38. The van der Waals surface area contributed by atoms with Crippen LogP contribution < -0.4 is 14.2 Å². The van der Waals surface area contributed by atoms with E-state index in [1.807, 2.05) is 24.3 Å². The van der Waals surface area contributed by atoms with Crippen LogP contribution in [0.1, 0.15) is 16.7 Å². The van der Waals surface area contributed by atoms with Gasteiger partial charge in [0, 0.05) is 19.6 Å². The summed E-state index contributed by atoms with van der Waals surface area (Å²) in [6, 6.07) is 9.69. The van der Waals surface area contributed by atoms with Crippen molar-refractivity contribution in [1.82, 2.24) is 4.90 Å². The highest BCUT2D eigenvalue weighted by molar-refractivity contribution is 5.53. The van der Waals surface area contributed by atoms with E-state index >= 15 is 0 Å². The number of phenolic OH excluding ortho intramolecular Hbond substituents is 1. The molecule has 0 spiro atoms. The van der Waals surface area contributed by atoms with Gasteiger partial charge in [-0.3, -0.25) is 4.90 Å². The minimum absolute atomic E-state index is 0.352. The first-order chi connectivity index (χ1) is 12.1. The molecular formula is C20H25NO4. The second kappa shape index (κ2) is 7.66. The van der Waals surface area contributed by atoms with Gasteiger partial charge < -0.3 is 19.3 Å². The van der Waals surface area contributed by atoms with Crippen molar-refractivity contribution >= 4 is 0 Å². The summed E-state index contributed by atoms with van der Waals surface area (Å²) in [6.07, 6.45) is 1.88. The van der Waals surface area contributed by atoms with E-state index in [4.69, 9.17) is 14.2 Å². The maximum Gasteiger partial charge on any atom is 0.203 e. The monoisotopic (exact) mass is 343 g/mol. The molecule has 2 aromatic rings. The van der Waals surface area contributed by atoms with Crippen molar-refractivity contribution in [3.05, 3.63) is 47.0 Å². The molecule has 134 valence electrons. The summed E-state index contributed by atoms with van der Waals surface area (Å²) in [5.41, 5.74) is 3.71. The van der Waals surface area contributed by atoms with Gasteiger partial charge in [0.05, 0.1) is 21.3 Å². The number of hydrogen-bond donors (Lipinski definition) is 1. The Hall–Kier alpha value is -2.40. The largest absolute Gasteiger partial charge is 0.508 e. The smallest absolute Gasteiger partial charge is 0.203 e. The van der Waals surface area contributed by atoms with Crippen LogP contribution in [0.15, 0.2) is 30.3 Å². The van der Waals surface area contributed by atoms with Crippen molar-refractivity contribution in [2.45, 2.75) is 19.4 Å². The molecule has 0 unspecified atom stereocenters. The Morgan fingerprint density at radius 1 is 0.960 bits per heavy atom. The van der Waals surface area contributed by atoms with Gasteiger partial charge in [0.2, 0.25) is 5.75 Å². The molecular weight excluding hydrogens is 318 g/mol. The fourth-order valence-corrected chi connectivity index (χ4v) is 3.36. The van der Waals surface area contributed by atoms with Gasteiger partial charge in [-0.1, -0.05) is 6.07 Å². The van der Waals surface area contributed by atoms with Crippen LogP contribution in [0, 0.1) is 0 Å². The molecule has 0 amide bonds. The third-order valence-electron chi connectivity index (χ3n) is 4.72. The molecule has 5 nitrogen and oxygen atoms in total. The lowest BCUT2D eigenvalue weighted by Gasteiger charge is -2.29. The molecule has 1 aliphatic rings. The highest BCUT2D eigenvalue weighted by Gasteiger charge is 2.18. The standard InChI is InChI=1S/C20H25NO4/c1-23-18-10-14(11-19(24-2)20(18)25-3)6-8-21-9-7-15-12-17(22)5-4-16(15)13-21/h4-5,10-12,22H,6-9,13H2,1-3H3. The Labute approximate surface area is 148 Å². The molecule has 0 bridgehead atoms. The fraction of sp³-hybridized carbons (Fsp3) is 0.400. The lowest BCUT2D eigenvalue weighted by Crippen LogP contribution is -2.32. The molecule has 5 heteroatoms. The van der Waals surface area contributed by atoms with E-state index in [0.717, 1.165) is 38.0 Å². The lowest BCUT2D eigenvalue weighted by molar-refractivity contribution is 0.256. The summed E-state index contributed by atoms with van der Waals surface area (Å²) in [5, 5.41) is 9.60. The van der Waals surface area contributed by atoms with Gasteiger partial charge in [0.15, 0.2) is 11.5 Å². The molecule has 1 aliphatic heterocycles. The van der Waals surface area contributed by atoms with Crippen LogP contribution >= 0.6 is 0 Å². The van der Waals surface area contributed by atoms with Gasteiger partial charge in [-0.15, -0.1) is 0 Å². The Bertz CT molecular complexity index is 719. The Morgan fingerprint density at radius 2 is 1.68 bits per heavy atom. The third-order valence-corrected chi connectivity index (χ3v) is 4.72. The molecule has 25 heavy (non-hydrogen) atoms. The molecule has 2 aromatic carbocycles. The second-order valence-corrected chi connectivity index (χ2v) is 6.26. The van der Waals surface area contributed by atoms with Crippen molar-refractivity contribution in [2.75, 3.05) is 34.4 Å². The normalized spacial score (nSPS) is 14.0. The number of methoxy groups -OCH3 is 3. The van der Waals surface area contributed by atoms with Crippen molar-refractivity contribution in [3.63, 3.8) is 0 Å². The van der Waals surface area contributed by atoms with Crippen LogP contribution in [0.25, 0.3) is 0 Å². The molecule has 0 saturated heterocycles. The quantitative estimate of drug-likeness (QED) is 0.874. The maximum absolute atomic E-state index is 9.60. The summed E-state index contributed by atoms with van der Waals surface area (Å²) in [6.45, 7) is 2.87. The molecule has 0 saturated carbocycles. The van der Waals surface area contributed by atoms with Gasteiger partial charge in [-0.2, -0.15) is 0 Å². The Balaban J connectivity index is 1.69. The highest BCUT2D eigenvalue weighted by atomic mass is 16.5. The number of aromatic hydroxyl groups is 1. The molecule has 1 N–H and O–H groups in total. The number of fused-ring (bicyclic) bond motifs is 1. The van der Waals surface area contributed by atoms with Gasteiger partial charge >= 0.3 is 0 Å². The number of rotatable bonds is 6. The van der Waals surface area contributed by atoms with Crippen molar-refractivity contribution in [3.8, 4) is 23.0 Å². The third kappa shape index (κ3) is 3.82. The van der Waals surface area contributed by atoms with Gasteiger partial charge in [-0.25, -0.2) is 0 Å². The number of phenols is 1. The molecule has 0 fully saturated rings. The van der Waals surface area contributed by atoms with Gasteiger partial charge in [0.1, 0.15) is 5.75 Å². The average Bonchev–Trinajstić information content (AvgIpc) is 2.65. The average molecular weight is 343 g/mol. The number of ether oxygens (including phenoxy) is 3. The topological polar surface area (TPSA) is 51.2 Å². The first kappa shape index (κ1) is 17.4. The fourth-order valence-electron chi connectivity index (χ4n) is 3.36. The first-order valence-electron chi connectivity index (χ1n) is 8.46. The van der Waals surface area contributed by atoms with E-state index in [1.165, 1.54) is 11.1 Å². The molecule has 1 heterocycles. The first-order valence-corrected chi connectivity index (χ1v) is 8.46. The summed E-state index contributed by atoms with van der Waals surface area (Å²) in [4.78, 5) is 2.43. The van der Waals surface area contributed by atoms with Gasteiger partial charge in [-0.05, 0) is 53.8 Å². The summed E-state index contributed by atoms with van der Waals surface area (Å²) in [5.74, 6) is 2.36. The van der Waals surface area contributed by atoms with E-state index in [9.17, 15) is 5.11 Å². The van der Waals surface area contributed by atoms with Crippen LogP contribution in [0.4, 0.5) is 0 Å². The predicted octanol–water partition coefficient (Wildman–Crippen LogP) is 3.02. The van der Waals surface area contributed by atoms with E-state index < -0.39 is 0 Å². The van der Waals surface area contributed by atoms with Crippen molar-refractivity contribution in [1.29, 1.82) is 0 Å². The zero-order chi connectivity index (χ0) is 17.8. The Kier molecular flexibility index (Phi) is 5.34. The van der Waals surface area contributed by atoms with Crippen LogP contribution in [0.5, 0.6) is 23.0 Å². The SMILES string of the molecule is COc1cc(CCN2CCc3cc(O)ccc3C2)cc(OC)c1OC. The van der Waals surface area contributed by atoms with Crippen LogP contribution in [-0.4, -0.2) is 44.4 Å². The molecule has 3 rings (SSSR count). The van der Waals surface area contributed by atoms with E-state index in [1.54, 1.807) is 27.4 Å². The van der Waals surface area contributed by atoms with Gasteiger partial charge in [0.25, 0.3) is 0 Å². The zero-order valence-electron chi connectivity index (χ0n) is 15.0. The lowest BCUT2D eigenvalue weighted by atomic mass is 9.99. The minimum atomic E-state index is 0.352. The van der Waals surface area contributed by atoms with Crippen molar-refractivity contribution < 1.29 is 19.3 Å². The zero-order valence-corrected chi connectivity index (χ0v) is 15.0. The molecule has 0 aliphatic carbocycles. The van der Waals surface area contributed by atoms with E-state index in [2.05, 4.69) is 4.90 Å². The number of benzene rings is 2. The number of hydrogen-bond acceptors (Lipinski definition) is 5. The summed E-state index contributed by atoms with van der Waals surface area (Å²) < 4.78 is 16.2. The van der Waals surface area contributed by atoms with E-state index in [0.29, 0.717) is 23.0 Å². The second-order valence-electron chi connectivity index (χ2n) is 6.26. The molecule has 0 aromatic heterocycles. The molecule has 0 radical (unpaired) electrons. The van der Waals surface area contributed by atoms with Crippen LogP contribution in [0.3, 0.4) is 0 Å². The predicted molar refractivity (Wildman–Crippen MR) is 96.9 cm³/mol. The van der Waals surface area contributed by atoms with Crippen LogP contribution in [0.2, 0.25) is 0 Å². The number of nitrogens with zero attached hydrogens (tertiary/aromatic N) is 1. The Morgan fingerprint density at radius 3 is 2.32 bits per heavy atom. The molecule has 0 atom stereocenters. The summed E-state index contributed by atoms with van der Waals surface area (Å²) in [7, 11) is 4.89. The maximum atomic E-state index is 9.60. The van der Waals surface area contributed by atoms with E-state index in [-0.39, 0.29) is 0 Å².